The van der Waals surface area contributed by atoms with Crippen molar-refractivity contribution >= 4 is 5.82 Å². The predicted molar refractivity (Wildman–Crippen MR) is 134 cm³/mol. The molecular weight excluding hydrogens is 444 g/mol. The summed E-state index contributed by atoms with van der Waals surface area (Å²) in [5.41, 5.74) is 3.10. The molecule has 1 saturated heterocycles. The molecule has 0 saturated carbocycles. The van der Waals surface area contributed by atoms with Crippen molar-refractivity contribution in [1.29, 1.82) is 0 Å². The molecule has 2 N–H and O–H groups in total. The Morgan fingerprint density at radius 2 is 2.20 bits per heavy atom. The highest BCUT2D eigenvalue weighted by atomic mass is 16.5. The SMILES string of the molecule is CNCC(O)COc1cccc(-c2nc(C[C@@H]3CCOC3)c(C)c(N3CCn4ccnc4C3)n2)c1. The highest BCUT2D eigenvalue weighted by Crippen LogP contribution is 2.31. The number of likely N-dealkylation sites (N-methyl/N-ethyl adjacent to an activating group) is 1. The van der Waals surface area contributed by atoms with Crippen LogP contribution in [0.2, 0.25) is 0 Å². The molecule has 9 nitrogen and oxygen atoms in total. The van der Waals surface area contributed by atoms with Crippen molar-refractivity contribution in [3.63, 3.8) is 0 Å². The molecule has 0 amide bonds. The van der Waals surface area contributed by atoms with Crippen molar-refractivity contribution in [3.8, 4) is 17.1 Å². The highest BCUT2D eigenvalue weighted by Gasteiger charge is 2.25. The molecule has 186 valence electrons. The van der Waals surface area contributed by atoms with Crippen LogP contribution in [0.4, 0.5) is 5.82 Å². The number of anilines is 1. The number of nitrogens with one attached hydrogen (secondary N) is 1. The molecule has 0 radical (unpaired) electrons. The predicted octanol–water partition coefficient (Wildman–Crippen LogP) is 2.21. The standard InChI is InChI=1S/C26H34N6O3/c1-18-23(12-19-6-11-34-16-19)29-25(20-4-3-5-22(13-20)35-17-21(33)14-27-2)30-26(18)32-10-9-31-8-7-28-24(31)15-32/h3-5,7-8,13,19,21,27,33H,6,9-12,14-17H2,1-2H3/t19-,21?/m0/s1. The van der Waals surface area contributed by atoms with Crippen LogP contribution in [0.1, 0.15) is 23.5 Å². The number of rotatable bonds is 9. The van der Waals surface area contributed by atoms with E-state index in [1.165, 1.54) is 0 Å². The van der Waals surface area contributed by atoms with Crippen molar-refractivity contribution in [2.75, 3.05) is 44.9 Å². The topological polar surface area (TPSA) is 97.6 Å². The third-order valence-corrected chi connectivity index (χ3v) is 6.75. The van der Waals surface area contributed by atoms with Gasteiger partial charge in [-0.3, -0.25) is 0 Å². The average Bonchev–Trinajstić information content (AvgIpc) is 3.56. The van der Waals surface area contributed by atoms with E-state index in [4.69, 9.17) is 19.4 Å². The first-order valence-electron chi connectivity index (χ1n) is 12.4. The Morgan fingerprint density at radius 1 is 1.29 bits per heavy atom. The Bertz CT molecular complexity index is 1140. The summed E-state index contributed by atoms with van der Waals surface area (Å²) in [4.78, 5) is 16.9. The summed E-state index contributed by atoms with van der Waals surface area (Å²) >= 11 is 0. The second kappa shape index (κ2) is 10.7. The first-order valence-corrected chi connectivity index (χ1v) is 12.4. The van der Waals surface area contributed by atoms with Gasteiger partial charge in [0, 0.05) is 62.1 Å². The monoisotopic (exact) mass is 478 g/mol. The first-order chi connectivity index (χ1) is 17.1. The Balaban J connectivity index is 1.46. The molecule has 4 heterocycles. The maximum absolute atomic E-state index is 10.00. The number of aromatic nitrogens is 4. The van der Waals surface area contributed by atoms with Crippen LogP contribution in [0.25, 0.3) is 11.4 Å². The summed E-state index contributed by atoms with van der Waals surface area (Å²) in [7, 11) is 1.81. The Morgan fingerprint density at radius 3 is 3.03 bits per heavy atom. The van der Waals surface area contributed by atoms with Gasteiger partial charge in [0.1, 0.15) is 30.1 Å². The fourth-order valence-corrected chi connectivity index (χ4v) is 4.77. The maximum atomic E-state index is 10.00. The Labute approximate surface area is 206 Å². The maximum Gasteiger partial charge on any atom is 0.161 e. The summed E-state index contributed by atoms with van der Waals surface area (Å²) in [5, 5.41) is 13.0. The lowest BCUT2D eigenvalue weighted by molar-refractivity contribution is 0.108. The smallest absolute Gasteiger partial charge is 0.161 e. The number of aliphatic hydroxyl groups is 1. The summed E-state index contributed by atoms with van der Waals surface area (Å²) in [6.07, 6.45) is 5.27. The van der Waals surface area contributed by atoms with E-state index in [-0.39, 0.29) is 6.61 Å². The van der Waals surface area contributed by atoms with Crippen molar-refractivity contribution in [2.45, 2.75) is 39.0 Å². The molecule has 1 fully saturated rings. The van der Waals surface area contributed by atoms with Crippen LogP contribution in [0.15, 0.2) is 36.7 Å². The third kappa shape index (κ3) is 5.47. The zero-order chi connectivity index (χ0) is 24.2. The summed E-state index contributed by atoms with van der Waals surface area (Å²) in [5.74, 6) is 3.88. The number of benzene rings is 1. The molecule has 2 atom stereocenters. The third-order valence-electron chi connectivity index (χ3n) is 6.75. The zero-order valence-electron chi connectivity index (χ0n) is 20.5. The minimum absolute atomic E-state index is 0.220. The van der Waals surface area contributed by atoms with E-state index in [9.17, 15) is 5.11 Å². The van der Waals surface area contributed by atoms with E-state index in [1.807, 2.05) is 36.7 Å². The van der Waals surface area contributed by atoms with Crippen LogP contribution in [-0.4, -0.2) is 70.7 Å². The van der Waals surface area contributed by atoms with E-state index < -0.39 is 6.10 Å². The molecule has 1 aromatic carbocycles. The molecule has 5 rings (SSSR count). The second-order valence-electron chi connectivity index (χ2n) is 9.39. The molecule has 3 aromatic rings. The quantitative estimate of drug-likeness (QED) is 0.483. The van der Waals surface area contributed by atoms with Gasteiger partial charge in [-0.1, -0.05) is 12.1 Å². The van der Waals surface area contributed by atoms with E-state index >= 15 is 0 Å². The van der Waals surface area contributed by atoms with Gasteiger partial charge in [0.2, 0.25) is 0 Å². The molecule has 9 heteroatoms. The van der Waals surface area contributed by atoms with E-state index in [1.54, 1.807) is 7.05 Å². The first kappa shape index (κ1) is 23.7. The van der Waals surface area contributed by atoms with Crippen LogP contribution >= 0.6 is 0 Å². The van der Waals surface area contributed by atoms with Crippen LogP contribution in [0.3, 0.4) is 0 Å². The fraction of sp³-hybridized carbons (Fsp3) is 0.500. The average molecular weight is 479 g/mol. The van der Waals surface area contributed by atoms with Crippen molar-refractivity contribution in [2.24, 2.45) is 5.92 Å². The lowest BCUT2D eigenvalue weighted by atomic mass is 9.99. The zero-order valence-corrected chi connectivity index (χ0v) is 20.5. The lowest BCUT2D eigenvalue weighted by Gasteiger charge is -2.30. The van der Waals surface area contributed by atoms with Gasteiger partial charge in [-0.15, -0.1) is 0 Å². The lowest BCUT2D eigenvalue weighted by Crippen LogP contribution is -2.35. The fourth-order valence-electron chi connectivity index (χ4n) is 4.77. The largest absolute Gasteiger partial charge is 0.491 e. The molecule has 0 aliphatic carbocycles. The molecule has 35 heavy (non-hydrogen) atoms. The Kier molecular flexibility index (Phi) is 7.26. The number of nitrogens with zero attached hydrogens (tertiary/aromatic N) is 5. The molecule has 1 unspecified atom stereocenters. The molecule has 2 aromatic heterocycles. The number of aliphatic hydroxyl groups excluding tert-OH is 1. The Hall–Kier alpha value is -3.01. The number of ether oxygens (including phenoxy) is 2. The molecule has 2 aliphatic heterocycles. The van der Waals surface area contributed by atoms with Gasteiger partial charge < -0.3 is 29.4 Å². The van der Waals surface area contributed by atoms with Crippen LogP contribution in [0.5, 0.6) is 5.75 Å². The van der Waals surface area contributed by atoms with Crippen LogP contribution in [-0.2, 0) is 24.2 Å². The van der Waals surface area contributed by atoms with E-state index in [0.717, 1.165) is 74.2 Å². The minimum atomic E-state index is -0.572. The van der Waals surface area contributed by atoms with Crippen molar-refractivity contribution in [1.82, 2.24) is 24.8 Å². The van der Waals surface area contributed by atoms with Crippen LogP contribution < -0.4 is 15.0 Å². The van der Waals surface area contributed by atoms with Gasteiger partial charge >= 0.3 is 0 Å². The molecule has 2 aliphatic rings. The van der Waals surface area contributed by atoms with Gasteiger partial charge in [-0.25, -0.2) is 15.0 Å². The van der Waals surface area contributed by atoms with Crippen LogP contribution in [0, 0.1) is 12.8 Å². The van der Waals surface area contributed by atoms with Gasteiger partial charge in [-0.05, 0) is 44.9 Å². The van der Waals surface area contributed by atoms with Gasteiger partial charge in [-0.2, -0.15) is 0 Å². The minimum Gasteiger partial charge on any atom is -0.491 e. The van der Waals surface area contributed by atoms with Crippen molar-refractivity contribution < 1.29 is 14.6 Å². The van der Waals surface area contributed by atoms with E-state index in [0.29, 0.717) is 24.0 Å². The molecule has 0 bridgehead atoms. The molecule has 0 spiro atoms. The highest BCUT2D eigenvalue weighted by molar-refractivity contribution is 5.62. The summed E-state index contributed by atoms with van der Waals surface area (Å²) in [6, 6.07) is 7.80. The second-order valence-corrected chi connectivity index (χ2v) is 9.39. The van der Waals surface area contributed by atoms with Gasteiger partial charge in [0.15, 0.2) is 5.82 Å². The van der Waals surface area contributed by atoms with E-state index in [2.05, 4.69) is 26.7 Å². The summed E-state index contributed by atoms with van der Waals surface area (Å²) < 4.78 is 13.7. The number of fused-ring (bicyclic) bond motifs is 1. The van der Waals surface area contributed by atoms with Gasteiger partial charge in [0.05, 0.1) is 6.54 Å². The number of imidazole rings is 1. The van der Waals surface area contributed by atoms with Crippen molar-refractivity contribution in [3.05, 3.63) is 53.7 Å². The number of hydrogen-bond acceptors (Lipinski definition) is 8. The normalized spacial score (nSPS) is 18.5. The summed E-state index contributed by atoms with van der Waals surface area (Å²) in [6.45, 7) is 6.92. The van der Waals surface area contributed by atoms with Gasteiger partial charge in [0.25, 0.3) is 0 Å². The number of hydrogen-bond donors (Lipinski definition) is 2. The molecular formula is C26H34N6O3.